The van der Waals surface area contributed by atoms with Crippen LogP contribution in [0.1, 0.15) is 201 Å². The van der Waals surface area contributed by atoms with E-state index in [0.717, 1.165) is 83.7 Å². The largest absolute Gasteiger partial charge is 0.508 e. The minimum Gasteiger partial charge on any atom is -0.465 e. The summed E-state index contributed by atoms with van der Waals surface area (Å²) in [6.07, 6.45) is 35.6. The van der Waals surface area contributed by atoms with E-state index in [1.807, 2.05) is 6.92 Å². The van der Waals surface area contributed by atoms with Crippen LogP contribution in [0, 0.1) is 5.92 Å². The second-order valence-corrected chi connectivity index (χ2v) is 15.6. The molecule has 0 saturated carbocycles. The molecule has 58 heavy (non-hydrogen) atoms. The molecule has 0 aliphatic carbocycles. The Morgan fingerprint density at radius 3 is 1.55 bits per heavy atom. The van der Waals surface area contributed by atoms with Gasteiger partial charge in [-0.3, -0.25) is 9.59 Å². The van der Waals surface area contributed by atoms with Crippen molar-refractivity contribution < 1.29 is 42.8 Å². The molecular formula is C48H89NO9. The number of carbonyl (C=O) groups is 3. The number of unbranched alkanes of at least 4 members (excludes halogenated alkanes) is 18. The molecule has 1 N–H and O–H groups in total. The molecule has 0 aliphatic rings. The number of hydrogen-bond donors (Lipinski definition) is 1. The first kappa shape index (κ1) is 55.6. The van der Waals surface area contributed by atoms with E-state index in [0.29, 0.717) is 32.5 Å². The normalized spacial score (nSPS) is 12.2. The molecule has 0 spiro atoms. The summed E-state index contributed by atoms with van der Waals surface area (Å²) in [5, 5.41) is 3.18. The summed E-state index contributed by atoms with van der Waals surface area (Å²) in [6, 6.07) is 0. The Kier molecular flexibility index (Phi) is 43.7. The molecule has 0 aromatic rings. The molecule has 0 radical (unpaired) electrons. The van der Waals surface area contributed by atoms with Gasteiger partial charge in [0.05, 0.1) is 18.9 Å². The van der Waals surface area contributed by atoms with Gasteiger partial charge in [-0.05, 0) is 70.9 Å². The fraction of sp³-hybridized carbons (Fsp3) is 0.854. The lowest BCUT2D eigenvalue weighted by atomic mass is 10.1. The highest BCUT2D eigenvalue weighted by molar-refractivity contribution is 5.69. The Morgan fingerprint density at radius 1 is 0.483 bits per heavy atom. The Labute approximate surface area is 355 Å². The van der Waals surface area contributed by atoms with E-state index in [-0.39, 0.29) is 38.8 Å². The van der Waals surface area contributed by atoms with Crippen LogP contribution in [0.3, 0.4) is 0 Å². The predicted molar refractivity (Wildman–Crippen MR) is 237 cm³/mol. The van der Waals surface area contributed by atoms with Crippen LogP contribution >= 0.6 is 0 Å². The number of rotatable bonds is 44. The zero-order chi connectivity index (χ0) is 42.4. The van der Waals surface area contributed by atoms with Crippen LogP contribution in [0.4, 0.5) is 4.79 Å². The molecule has 0 aromatic carbocycles. The van der Waals surface area contributed by atoms with Crippen molar-refractivity contribution in [2.24, 2.45) is 5.92 Å². The Hall–Kier alpha value is -2.43. The number of allylic oxidation sites excluding steroid dienone is 4. The molecule has 0 saturated heterocycles. The average molecular weight is 824 g/mol. The number of ether oxygens (including phenoxy) is 6. The van der Waals surface area contributed by atoms with E-state index in [9.17, 15) is 14.4 Å². The molecule has 0 bridgehead atoms. The Balaban J connectivity index is 4.75. The van der Waals surface area contributed by atoms with E-state index in [1.54, 1.807) is 0 Å². The number of hydrogen-bond acceptors (Lipinski definition) is 10. The van der Waals surface area contributed by atoms with E-state index in [2.05, 4.69) is 50.4 Å². The minimum absolute atomic E-state index is 0.0224. The van der Waals surface area contributed by atoms with E-state index in [4.69, 9.17) is 28.4 Å². The quantitative estimate of drug-likeness (QED) is 0.0209. The van der Waals surface area contributed by atoms with Crippen LogP contribution in [-0.2, 0) is 38.0 Å². The van der Waals surface area contributed by atoms with Gasteiger partial charge in [-0.1, -0.05) is 148 Å². The number of esters is 2. The second kappa shape index (κ2) is 45.7. The summed E-state index contributed by atoms with van der Waals surface area (Å²) < 4.78 is 33.8. The molecule has 0 aliphatic heterocycles. The second-order valence-electron chi connectivity index (χ2n) is 15.6. The third kappa shape index (κ3) is 41.7. The molecule has 10 heteroatoms. The van der Waals surface area contributed by atoms with Gasteiger partial charge in [0.15, 0.2) is 6.29 Å². The number of nitrogens with one attached hydrogen (secondary N) is 1. The standard InChI is InChI=1S/C48H89NO9/c1-5-9-12-15-18-19-20-21-22-23-24-25-26-27-30-34-45(50)56-41-44(43-58-48(52)55-40-33-37-49-8-4)42-57-46(51)35-36-47(53-38-31-28-16-13-10-6-2)54-39-32-29-17-14-11-7-3/h18-19,21-22,44,47,49H,5-17,20,23-43H2,1-4H3/b19-18-,22-21-. The smallest absolute Gasteiger partial charge is 0.465 e. The Morgan fingerprint density at radius 2 is 0.966 bits per heavy atom. The van der Waals surface area contributed by atoms with Gasteiger partial charge in [-0.25, -0.2) is 4.79 Å². The third-order valence-electron chi connectivity index (χ3n) is 9.88. The fourth-order valence-electron chi connectivity index (χ4n) is 6.19. The van der Waals surface area contributed by atoms with E-state index in [1.165, 1.54) is 77.0 Å². The van der Waals surface area contributed by atoms with Gasteiger partial charge in [-0.2, -0.15) is 0 Å². The molecular weight excluding hydrogens is 735 g/mol. The molecule has 0 aromatic heterocycles. The van der Waals surface area contributed by atoms with Gasteiger partial charge < -0.3 is 33.7 Å². The lowest BCUT2D eigenvalue weighted by Gasteiger charge is -2.20. The van der Waals surface area contributed by atoms with Crippen LogP contribution in [0.25, 0.3) is 0 Å². The molecule has 1 unspecified atom stereocenters. The topological polar surface area (TPSA) is 119 Å². The summed E-state index contributed by atoms with van der Waals surface area (Å²) in [7, 11) is 0. The zero-order valence-electron chi connectivity index (χ0n) is 37.9. The van der Waals surface area contributed by atoms with E-state index < -0.39 is 24.3 Å². The van der Waals surface area contributed by atoms with Gasteiger partial charge in [0, 0.05) is 26.1 Å². The van der Waals surface area contributed by atoms with Crippen molar-refractivity contribution in [2.45, 2.75) is 207 Å². The summed E-state index contributed by atoms with van der Waals surface area (Å²) >= 11 is 0. The van der Waals surface area contributed by atoms with Crippen LogP contribution in [0.15, 0.2) is 24.3 Å². The minimum atomic E-state index is -0.794. The molecule has 0 amide bonds. The van der Waals surface area contributed by atoms with Gasteiger partial charge in [0.2, 0.25) is 0 Å². The summed E-state index contributed by atoms with van der Waals surface area (Å²) in [5.41, 5.74) is 0. The molecule has 0 heterocycles. The molecule has 10 nitrogen and oxygen atoms in total. The van der Waals surface area contributed by atoms with Crippen LogP contribution in [-0.4, -0.2) is 77.1 Å². The Bertz CT molecular complexity index is 955. The van der Waals surface area contributed by atoms with Gasteiger partial charge >= 0.3 is 18.1 Å². The highest BCUT2D eigenvalue weighted by Crippen LogP contribution is 2.14. The van der Waals surface area contributed by atoms with Crippen LogP contribution in [0.2, 0.25) is 0 Å². The maximum atomic E-state index is 12.9. The predicted octanol–water partition coefficient (Wildman–Crippen LogP) is 12.5. The van der Waals surface area contributed by atoms with Gasteiger partial charge in [0.1, 0.15) is 19.8 Å². The van der Waals surface area contributed by atoms with Crippen molar-refractivity contribution in [3.8, 4) is 0 Å². The summed E-state index contributed by atoms with van der Waals surface area (Å²) in [5.74, 6) is -1.22. The molecule has 1 atom stereocenters. The summed E-state index contributed by atoms with van der Waals surface area (Å²) in [6.45, 7) is 11.5. The lowest BCUT2D eigenvalue weighted by molar-refractivity contribution is -0.161. The van der Waals surface area contributed by atoms with Crippen molar-refractivity contribution >= 4 is 18.1 Å². The van der Waals surface area contributed by atoms with Crippen molar-refractivity contribution in [3.05, 3.63) is 24.3 Å². The monoisotopic (exact) mass is 824 g/mol. The first-order valence-electron chi connectivity index (χ1n) is 23.8. The average Bonchev–Trinajstić information content (AvgIpc) is 3.22. The SMILES string of the molecule is CCCCC/C=C\C/C=C\CCCCCCCC(=O)OCC(COC(=O)CCC(OCCCCCCCC)OCCCCCCCC)COC(=O)OCCCNCC. The highest BCUT2D eigenvalue weighted by atomic mass is 16.7. The maximum absolute atomic E-state index is 12.9. The van der Waals surface area contributed by atoms with Crippen molar-refractivity contribution in [1.82, 2.24) is 5.32 Å². The molecule has 340 valence electrons. The first-order valence-corrected chi connectivity index (χ1v) is 23.8. The van der Waals surface area contributed by atoms with Gasteiger partial charge in [0.25, 0.3) is 0 Å². The molecule has 0 rings (SSSR count). The highest BCUT2D eigenvalue weighted by Gasteiger charge is 2.20. The van der Waals surface area contributed by atoms with Crippen LogP contribution in [0.5, 0.6) is 0 Å². The maximum Gasteiger partial charge on any atom is 0.508 e. The zero-order valence-corrected chi connectivity index (χ0v) is 37.9. The van der Waals surface area contributed by atoms with Crippen molar-refractivity contribution in [3.63, 3.8) is 0 Å². The van der Waals surface area contributed by atoms with Crippen molar-refractivity contribution in [1.29, 1.82) is 0 Å². The molecule has 0 fully saturated rings. The lowest BCUT2D eigenvalue weighted by Crippen LogP contribution is -2.27. The summed E-state index contributed by atoms with van der Waals surface area (Å²) in [4.78, 5) is 37.7. The van der Waals surface area contributed by atoms with Crippen molar-refractivity contribution in [2.75, 3.05) is 52.7 Å². The van der Waals surface area contributed by atoms with Gasteiger partial charge in [-0.15, -0.1) is 0 Å². The third-order valence-corrected chi connectivity index (χ3v) is 9.88. The van der Waals surface area contributed by atoms with Crippen LogP contribution < -0.4 is 5.32 Å². The first-order chi connectivity index (χ1) is 28.5. The fourth-order valence-corrected chi connectivity index (χ4v) is 6.19. The van der Waals surface area contributed by atoms with E-state index >= 15 is 0 Å². The number of carbonyl (C=O) groups excluding carboxylic acids is 3.